The van der Waals surface area contributed by atoms with E-state index in [4.69, 9.17) is 0 Å². The molecule has 0 radical (unpaired) electrons. The van der Waals surface area contributed by atoms with Crippen LogP contribution in [0.5, 0.6) is 0 Å². The topological polar surface area (TPSA) is 17.1 Å². The smallest absolute Gasteiger partial charge is 0.289 e. The number of carbonyl (C=O) groups is 1. The summed E-state index contributed by atoms with van der Waals surface area (Å²) in [6.07, 6.45) is -5.65. The lowest BCUT2D eigenvalue weighted by atomic mass is 10.0. The van der Waals surface area contributed by atoms with Crippen molar-refractivity contribution in [3.05, 3.63) is 48.0 Å². The molecular weight excluding hydrogens is 205 g/mol. The van der Waals surface area contributed by atoms with Crippen LogP contribution in [0.1, 0.15) is 16.8 Å². The summed E-state index contributed by atoms with van der Waals surface area (Å²) in [5.74, 6) is -0.659. The SMILES string of the molecule is C=C(CC(F)(F)F)C(=O)c1ccccc1. The first kappa shape index (κ1) is 11.5. The fourth-order valence-electron chi connectivity index (χ4n) is 1.12. The van der Waals surface area contributed by atoms with Crippen LogP contribution in [-0.2, 0) is 0 Å². The van der Waals surface area contributed by atoms with Gasteiger partial charge < -0.3 is 0 Å². The lowest BCUT2D eigenvalue weighted by Gasteiger charge is -2.07. The van der Waals surface area contributed by atoms with E-state index in [2.05, 4.69) is 6.58 Å². The minimum atomic E-state index is -4.39. The van der Waals surface area contributed by atoms with E-state index in [1.54, 1.807) is 18.2 Å². The second-order valence-corrected chi connectivity index (χ2v) is 3.09. The van der Waals surface area contributed by atoms with Crippen molar-refractivity contribution in [3.63, 3.8) is 0 Å². The molecule has 0 atom stereocenters. The molecule has 0 heterocycles. The Kier molecular flexibility index (Phi) is 3.29. The number of rotatable bonds is 3. The summed E-state index contributed by atoms with van der Waals surface area (Å²) in [7, 11) is 0. The van der Waals surface area contributed by atoms with Crippen molar-refractivity contribution in [3.8, 4) is 0 Å². The minimum absolute atomic E-state index is 0.228. The molecule has 1 rings (SSSR count). The zero-order valence-electron chi connectivity index (χ0n) is 7.84. The zero-order chi connectivity index (χ0) is 11.5. The third-order valence-electron chi connectivity index (χ3n) is 1.77. The maximum atomic E-state index is 12.0. The number of alkyl halides is 3. The van der Waals surface area contributed by atoms with Gasteiger partial charge in [-0.1, -0.05) is 36.9 Å². The quantitative estimate of drug-likeness (QED) is 0.556. The first-order chi connectivity index (χ1) is 6.90. The van der Waals surface area contributed by atoms with Crippen LogP contribution in [0, 0.1) is 0 Å². The summed E-state index contributed by atoms with van der Waals surface area (Å²) in [5.41, 5.74) is -0.208. The number of halogens is 3. The zero-order valence-corrected chi connectivity index (χ0v) is 7.84. The highest BCUT2D eigenvalue weighted by Gasteiger charge is 2.30. The lowest BCUT2D eigenvalue weighted by Crippen LogP contribution is -2.13. The Morgan fingerprint density at radius 3 is 2.20 bits per heavy atom. The van der Waals surface area contributed by atoms with Gasteiger partial charge in [0.2, 0.25) is 0 Å². The third kappa shape index (κ3) is 3.58. The number of benzene rings is 1. The summed E-state index contributed by atoms with van der Waals surface area (Å²) in [5, 5.41) is 0. The van der Waals surface area contributed by atoms with Crippen LogP contribution in [-0.4, -0.2) is 12.0 Å². The Labute approximate surface area is 85.2 Å². The first-order valence-electron chi connectivity index (χ1n) is 4.24. The van der Waals surface area contributed by atoms with Crippen LogP contribution >= 0.6 is 0 Å². The van der Waals surface area contributed by atoms with Crippen molar-refractivity contribution >= 4 is 5.78 Å². The predicted octanol–water partition coefficient (Wildman–Crippen LogP) is 3.38. The molecule has 15 heavy (non-hydrogen) atoms. The van der Waals surface area contributed by atoms with Gasteiger partial charge in [-0.2, -0.15) is 13.2 Å². The van der Waals surface area contributed by atoms with Crippen molar-refractivity contribution in [1.82, 2.24) is 0 Å². The maximum absolute atomic E-state index is 12.0. The number of hydrogen-bond acceptors (Lipinski definition) is 1. The molecule has 0 amide bonds. The number of ketones is 1. The summed E-state index contributed by atoms with van der Waals surface area (Å²) in [6.45, 7) is 3.15. The summed E-state index contributed by atoms with van der Waals surface area (Å²) in [6, 6.07) is 7.79. The van der Waals surface area contributed by atoms with E-state index in [-0.39, 0.29) is 5.56 Å². The number of Topliss-reactive ketones (excluding diaryl/α,β-unsaturated/α-hetero) is 1. The van der Waals surface area contributed by atoms with Crippen molar-refractivity contribution < 1.29 is 18.0 Å². The molecule has 0 N–H and O–H groups in total. The van der Waals surface area contributed by atoms with E-state index in [1.807, 2.05) is 0 Å². The largest absolute Gasteiger partial charge is 0.393 e. The second kappa shape index (κ2) is 4.29. The van der Waals surface area contributed by atoms with Gasteiger partial charge in [0.25, 0.3) is 0 Å². The third-order valence-corrected chi connectivity index (χ3v) is 1.77. The van der Waals surface area contributed by atoms with Gasteiger partial charge in [-0.25, -0.2) is 0 Å². The van der Waals surface area contributed by atoms with Crippen molar-refractivity contribution in [2.45, 2.75) is 12.6 Å². The highest BCUT2D eigenvalue weighted by Crippen LogP contribution is 2.25. The molecule has 0 bridgehead atoms. The first-order valence-corrected chi connectivity index (χ1v) is 4.24. The molecule has 0 fully saturated rings. The van der Waals surface area contributed by atoms with Crippen LogP contribution in [0.2, 0.25) is 0 Å². The molecule has 1 aromatic carbocycles. The number of hydrogen-bond donors (Lipinski definition) is 0. The van der Waals surface area contributed by atoms with Gasteiger partial charge in [0.05, 0.1) is 6.42 Å². The monoisotopic (exact) mass is 214 g/mol. The normalized spacial score (nSPS) is 11.1. The molecule has 4 heteroatoms. The predicted molar refractivity (Wildman–Crippen MR) is 50.6 cm³/mol. The van der Waals surface area contributed by atoms with Crippen LogP contribution in [0.15, 0.2) is 42.5 Å². The Morgan fingerprint density at radius 1 is 1.20 bits per heavy atom. The fourth-order valence-corrected chi connectivity index (χ4v) is 1.12. The lowest BCUT2D eigenvalue weighted by molar-refractivity contribution is -0.126. The number of carbonyl (C=O) groups excluding carboxylic acids is 1. The van der Waals surface area contributed by atoms with Gasteiger partial charge in [0.1, 0.15) is 0 Å². The molecule has 0 unspecified atom stereocenters. The molecule has 80 valence electrons. The summed E-state index contributed by atoms with van der Waals surface area (Å²) < 4.78 is 35.9. The fraction of sp³-hybridized carbons (Fsp3) is 0.182. The van der Waals surface area contributed by atoms with Crippen LogP contribution in [0.4, 0.5) is 13.2 Å². The van der Waals surface area contributed by atoms with E-state index in [0.29, 0.717) is 0 Å². The van der Waals surface area contributed by atoms with E-state index >= 15 is 0 Å². The van der Waals surface area contributed by atoms with Crippen molar-refractivity contribution in [1.29, 1.82) is 0 Å². The van der Waals surface area contributed by atoms with Crippen molar-refractivity contribution in [2.24, 2.45) is 0 Å². The van der Waals surface area contributed by atoms with Gasteiger partial charge in [0, 0.05) is 11.1 Å². The Balaban J connectivity index is 2.75. The Morgan fingerprint density at radius 2 is 1.73 bits per heavy atom. The highest BCUT2D eigenvalue weighted by molar-refractivity contribution is 6.08. The van der Waals surface area contributed by atoms with Crippen LogP contribution in [0.25, 0.3) is 0 Å². The molecule has 1 nitrogen and oxygen atoms in total. The number of allylic oxidation sites excluding steroid dienone is 1. The minimum Gasteiger partial charge on any atom is -0.289 e. The molecule has 0 aliphatic rings. The molecule has 0 aliphatic carbocycles. The van der Waals surface area contributed by atoms with E-state index in [0.717, 1.165) is 0 Å². The van der Waals surface area contributed by atoms with Gasteiger partial charge in [-0.05, 0) is 0 Å². The molecule has 0 saturated heterocycles. The summed E-state index contributed by atoms with van der Waals surface area (Å²) in [4.78, 5) is 11.4. The van der Waals surface area contributed by atoms with E-state index < -0.39 is 24.0 Å². The van der Waals surface area contributed by atoms with Crippen LogP contribution < -0.4 is 0 Å². The molecular formula is C11H9F3O. The Bertz CT molecular complexity index is 365. The molecule has 0 aliphatic heterocycles. The maximum Gasteiger partial charge on any atom is 0.393 e. The standard InChI is InChI=1S/C11H9F3O/c1-8(7-11(12,13)14)10(15)9-5-3-2-4-6-9/h2-6H,1,7H2. The second-order valence-electron chi connectivity index (χ2n) is 3.09. The molecule has 0 saturated carbocycles. The van der Waals surface area contributed by atoms with Gasteiger partial charge >= 0.3 is 6.18 Å². The van der Waals surface area contributed by atoms with Crippen molar-refractivity contribution in [2.75, 3.05) is 0 Å². The molecule has 1 aromatic rings. The van der Waals surface area contributed by atoms with E-state index in [9.17, 15) is 18.0 Å². The average molecular weight is 214 g/mol. The van der Waals surface area contributed by atoms with Gasteiger partial charge in [-0.15, -0.1) is 0 Å². The van der Waals surface area contributed by atoms with Gasteiger partial charge in [-0.3, -0.25) is 4.79 Å². The molecule has 0 spiro atoms. The van der Waals surface area contributed by atoms with E-state index in [1.165, 1.54) is 12.1 Å². The average Bonchev–Trinajstić information content (AvgIpc) is 2.15. The van der Waals surface area contributed by atoms with Crippen LogP contribution in [0.3, 0.4) is 0 Å². The Hall–Kier alpha value is -1.58. The highest BCUT2D eigenvalue weighted by atomic mass is 19.4. The van der Waals surface area contributed by atoms with Gasteiger partial charge in [0.15, 0.2) is 5.78 Å². The molecule has 0 aromatic heterocycles. The summed E-state index contributed by atoms with van der Waals surface area (Å²) >= 11 is 0.